The lowest BCUT2D eigenvalue weighted by atomic mass is 10.1. The number of amides is 2. The maximum absolute atomic E-state index is 11.8. The lowest BCUT2D eigenvalue weighted by Gasteiger charge is -2.22. The number of aryl methyl sites for hydroxylation is 1. The molecule has 0 saturated heterocycles. The fraction of sp³-hybridized carbons (Fsp3) is 0.333. The Kier molecular flexibility index (Phi) is 4.81. The van der Waals surface area contributed by atoms with E-state index < -0.39 is 0 Å². The molecule has 0 aliphatic rings. The number of hydrogen-bond donors (Lipinski definition) is 2. The SMILES string of the molecule is CCN(CC)c1ccc(NC(=O)Nc2ccno2)c(C)c1. The zero-order valence-corrected chi connectivity index (χ0v) is 12.5. The molecule has 0 saturated carbocycles. The van der Waals surface area contributed by atoms with Gasteiger partial charge in [0.15, 0.2) is 0 Å². The maximum Gasteiger partial charge on any atom is 0.326 e. The molecule has 2 rings (SSSR count). The second-order valence-electron chi connectivity index (χ2n) is 4.63. The average molecular weight is 288 g/mol. The van der Waals surface area contributed by atoms with Crippen LogP contribution in [0.1, 0.15) is 19.4 Å². The summed E-state index contributed by atoms with van der Waals surface area (Å²) in [5.41, 5.74) is 2.92. The number of rotatable bonds is 5. The summed E-state index contributed by atoms with van der Waals surface area (Å²) in [7, 11) is 0. The van der Waals surface area contributed by atoms with Crippen molar-refractivity contribution in [1.82, 2.24) is 5.16 Å². The van der Waals surface area contributed by atoms with Gasteiger partial charge in [0.1, 0.15) is 0 Å². The van der Waals surface area contributed by atoms with Gasteiger partial charge in [-0.3, -0.25) is 5.32 Å². The smallest absolute Gasteiger partial charge is 0.326 e. The highest BCUT2D eigenvalue weighted by molar-refractivity contribution is 5.99. The summed E-state index contributed by atoms with van der Waals surface area (Å²) in [5, 5.41) is 8.89. The van der Waals surface area contributed by atoms with Crippen LogP contribution in [0.25, 0.3) is 0 Å². The van der Waals surface area contributed by atoms with Gasteiger partial charge in [0.2, 0.25) is 5.88 Å². The molecule has 6 nitrogen and oxygen atoms in total. The molecule has 112 valence electrons. The van der Waals surface area contributed by atoms with Gasteiger partial charge in [-0.15, -0.1) is 0 Å². The van der Waals surface area contributed by atoms with Crippen LogP contribution in [0, 0.1) is 6.92 Å². The van der Waals surface area contributed by atoms with Gasteiger partial charge in [-0.25, -0.2) is 4.79 Å². The summed E-state index contributed by atoms with van der Waals surface area (Å²) >= 11 is 0. The van der Waals surface area contributed by atoms with Crippen molar-refractivity contribution < 1.29 is 9.32 Å². The van der Waals surface area contributed by atoms with E-state index in [0.29, 0.717) is 5.88 Å². The number of nitrogens with one attached hydrogen (secondary N) is 2. The van der Waals surface area contributed by atoms with E-state index in [4.69, 9.17) is 4.52 Å². The van der Waals surface area contributed by atoms with Crippen molar-refractivity contribution in [3.05, 3.63) is 36.0 Å². The topological polar surface area (TPSA) is 70.4 Å². The molecule has 6 heteroatoms. The number of benzene rings is 1. The van der Waals surface area contributed by atoms with Crippen LogP contribution in [0.2, 0.25) is 0 Å². The first-order chi connectivity index (χ1) is 10.1. The molecule has 0 unspecified atom stereocenters. The molecule has 1 aromatic heterocycles. The third kappa shape index (κ3) is 3.75. The maximum atomic E-state index is 11.8. The molecule has 1 aromatic carbocycles. The van der Waals surface area contributed by atoms with Gasteiger partial charge in [-0.2, -0.15) is 0 Å². The van der Waals surface area contributed by atoms with Crippen molar-refractivity contribution in [2.24, 2.45) is 0 Å². The number of carbonyl (C=O) groups is 1. The molecule has 0 aliphatic heterocycles. The largest absolute Gasteiger partial charge is 0.372 e. The molecule has 21 heavy (non-hydrogen) atoms. The van der Waals surface area contributed by atoms with Crippen LogP contribution in [0.4, 0.5) is 22.1 Å². The van der Waals surface area contributed by atoms with Gasteiger partial charge in [0, 0.05) is 30.5 Å². The summed E-state index contributed by atoms with van der Waals surface area (Å²) in [5.74, 6) is 0.310. The third-order valence-electron chi connectivity index (χ3n) is 3.26. The van der Waals surface area contributed by atoms with E-state index in [0.717, 1.165) is 30.0 Å². The Morgan fingerprint density at radius 3 is 2.57 bits per heavy atom. The van der Waals surface area contributed by atoms with Crippen molar-refractivity contribution in [2.45, 2.75) is 20.8 Å². The molecule has 1 heterocycles. The van der Waals surface area contributed by atoms with Gasteiger partial charge < -0.3 is 14.7 Å². The Morgan fingerprint density at radius 2 is 2.00 bits per heavy atom. The van der Waals surface area contributed by atoms with Crippen LogP contribution < -0.4 is 15.5 Å². The van der Waals surface area contributed by atoms with Gasteiger partial charge >= 0.3 is 6.03 Å². The van der Waals surface area contributed by atoms with E-state index >= 15 is 0 Å². The highest BCUT2D eigenvalue weighted by atomic mass is 16.5. The van der Waals surface area contributed by atoms with Crippen molar-refractivity contribution >= 4 is 23.3 Å². The van der Waals surface area contributed by atoms with E-state index in [1.54, 1.807) is 6.07 Å². The van der Waals surface area contributed by atoms with Crippen molar-refractivity contribution in [3.63, 3.8) is 0 Å². The van der Waals surface area contributed by atoms with E-state index in [-0.39, 0.29) is 6.03 Å². The fourth-order valence-electron chi connectivity index (χ4n) is 2.12. The van der Waals surface area contributed by atoms with Crippen LogP contribution in [0.3, 0.4) is 0 Å². The fourth-order valence-corrected chi connectivity index (χ4v) is 2.12. The first-order valence-electron chi connectivity index (χ1n) is 6.98. The van der Waals surface area contributed by atoms with Gasteiger partial charge in [-0.05, 0) is 44.5 Å². The summed E-state index contributed by atoms with van der Waals surface area (Å²) in [6.45, 7) is 8.12. The van der Waals surface area contributed by atoms with Gasteiger partial charge in [0.05, 0.1) is 6.20 Å². The molecule has 0 fully saturated rings. The Bertz CT molecular complexity index is 592. The third-order valence-corrected chi connectivity index (χ3v) is 3.26. The predicted molar refractivity (Wildman–Crippen MR) is 83.9 cm³/mol. The van der Waals surface area contributed by atoms with Crippen LogP contribution in [0.5, 0.6) is 0 Å². The molecule has 0 radical (unpaired) electrons. The number of aromatic nitrogens is 1. The summed E-state index contributed by atoms with van der Waals surface area (Å²) in [6.07, 6.45) is 1.47. The standard InChI is InChI=1S/C15H20N4O2/c1-4-19(5-2)12-6-7-13(11(3)10-12)17-15(20)18-14-8-9-16-21-14/h6-10H,4-5H2,1-3H3,(H2,17,18,20). The Morgan fingerprint density at radius 1 is 1.24 bits per heavy atom. The van der Waals surface area contributed by atoms with Gasteiger partial charge in [-0.1, -0.05) is 5.16 Å². The quantitative estimate of drug-likeness (QED) is 0.883. The second kappa shape index (κ2) is 6.78. The zero-order chi connectivity index (χ0) is 15.2. The number of anilines is 3. The minimum absolute atomic E-state index is 0.310. The van der Waals surface area contributed by atoms with Crippen LogP contribution in [-0.2, 0) is 0 Å². The van der Waals surface area contributed by atoms with Crippen molar-refractivity contribution in [1.29, 1.82) is 0 Å². The number of urea groups is 1. The van der Waals surface area contributed by atoms with Gasteiger partial charge in [0.25, 0.3) is 0 Å². The lowest BCUT2D eigenvalue weighted by molar-refractivity contribution is 0.261. The lowest BCUT2D eigenvalue weighted by Crippen LogP contribution is -2.22. The van der Waals surface area contributed by atoms with E-state index in [9.17, 15) is 4.79 Å². The predicted octanol–water partition coefficient (Wildman–Crippen LogP) is 3.47. The monoisotopic (exact) mass is 288 g/mol. The van der Waals surface area contributed by atoms with E-state index in [2.05, 4.69) is 40.6 Å². The molecule has 2 aromatic rings. The number of nitrogens with zero attached hydrogens (tertiary/aromatic N) is 2. The average Bonchev–Trinajstić information content (AvgIpc) is 2.96. The molecule has 0 atom stereocenters. The highest BCUT2D eigenvalue weighted by Gasteiger charge is 2.09. The summed E-state index contributed by atoms with van der Waals surface area (Å²) in [4.78, 5) is 14.1. The molecule has 0 bridgehead atoms. The van der Waals surface area contributed by atoms with Crippen LogP contribution in [0.15, 0.2) is 35.0 Å². The number of carbonyl (C=O) groups excluding carboxylic acids is 1. The summed E-state index contributed by atoms with van der Waals surface area (Å²) < 4.78 is 4.82. The van der Waals surface area contributed by atoms with E-state index in [1.165, 1.54) is 6.20 Å². The van der Waals surface area contributed by atoms with E-state index in [1.807, 2.05) is 19.1 Å². The molecule has 0 aliphatic carbocycles. The summed E-state index contributed by atoms with van der Waals surface area (Å²) in [6, 6.07) is 7.20. The van der Waals surface area contributed by atoms with Crippen molar-refractivity contribution in [3.8, 4) is 0 Å². The number of hydrogen-bond acceptors (Lipinski definition) is 4. The first-order valence-corrected chi connectivity index (χ1v) is 6.98. The first kappa shape index (κ1) is 14.9. The molecule has 2 amide bonds. The Hall–Kier alpha value is -2.50. The molecular weight excluding hydrogens is 268 g/mol. The Balaban J connectivity index is 2.05. The Labute approximate surface area is 124 Å². The minimum Gasteiger partial charge on any atom is -0.372 e. The van der Waals surface area contributed by atoms with Crippen molar-refractivity contribution in [2.75, 3.05) is 28.6 Å². The minimum atomic E-state index is -0.356. The molecular formula is C15H20N4O2. The highest BCUT2D eigenvalue weighted by Crippen LogP contribution is 2.22. The zero-order valence-electron chi connectivity index (χ0n) is 12.5. The van der Waals surface area contributed by atoms with Crippen LogP contribution >= 0.6 is 0 Å². The second-order valence-corrected chi connectivity index (χ2v) is 4.63. The van der Waals surface area contributed by atoms with Crippen LogP contribution in [-0.4, -0.2) is 24.3 Å². The molecule has 0 spiro atoms. The normalized spacial score (nSPS) is 10.2. The molecule has 2 N–H and O–H groups in total.